The van der Waals surface area contributed by atoms with Crippen LogP contribution in [0.3, 0.4) is 0 Å². The molecule has 3 aliphatic heterocycles. The number of ether oxygens (including phenoxy) is 1. The van der Waals surface area contributed by atoms with E-state index in [-0.39, 0.29) is 53.4 Å². The summed E-state index contributed by atoms with van der Waals surface area (Å²) in [5.41, 5.74) is 0.103. The third kappa shape index (κ3) is 4.59. The summed E-state index contributed by atoms with van der Waals surface area (Å²) in [5.74, 6) is 0. The molecule has 9 atom stereocenters. The fraction of sp³-hybridized carbons (Fsp3) is 1.00. The van der Waals surface area contributed by atoms with Crippen LogP contribution in [0.4, 0.5) is 0 Å². The number of fused-ring (bicyclic) bond motifs is 1. The van der Waals surface area contributed by atoms with Crippen molar-refractivity contribution in [1.29, 1.82) is 0 Å². The van der Waals surface area contributed by atoms with Gasteiger partial charge in [-0.1, -0.05) is 41.5 Å². The average molecular weight is 431 g/mol. The van der Waals surface area contributed by atoms with Gasteiger partial charge in [0, 0.05) is 0 Å². The molecule has 3 fully saturated rings. The molecule has 3 heterocycles. The van der Waals surface area contributed by atoms with Gasteiger partial charge in [-0.25, -0.2) is 0 Å². The van der Waals surface area contributed by atoms with Crippen LogP contribution in [0.15, 0.2) is 0 Å². The Hall–Kier alpha value is 0.194. The Kier molecular flexibility index (Phi) is 6.30. The number of rotatable bonds is 7. The molecule has 0 aromatic carbocycles. The number of hydrogen-bond acceptors (Lipinski definition) is 6. The molecule has 3 saturated heterocycles. The first-order valence-electron chi connectivity index (χ1n) is 10.9. The minimum atomic E-state index is -1.18. The molecule has 164 valence electrons. The highest BCUT2D eigenvalue weighted by Crippen LogP contribution is 2.51. The topological polar surface area (TPSA) is 72.9 Å². The molecule has 2 N–H and O–H groups in total. The summed E-state index contributed by atoms with van der Waals surface area (Å²) >= 11 is 0. The maximum atomic E-state index is 10.6. The van der Waals surface area contributed by atoms with Gasteiger partial charge in [0.15, 0.2) is 24.4 Å². The second-order valence-electron chi connectivity index (χ2n) is 11.5. The monoisotopic (exact) mass is 430 g/mol. The SMILES string of the molecule is C[SiH](C)OC(C1NC1C1OC(O)C2C(C(O[SiH](C)C)C(C)(C)C)N12)C(C)(C)C. The largest absolute Gasteiger partial charge is 0.416 e. The molecule has 3 rings (SSSR count). The lowest BCUT2D eigenvalue weighted by Crippen LogP contribution is -2.45. The Morgan fingerprint density at radius 2 is 1.43 bits per heavy atom. The zero-order valence-electron chi connectivity index (χ0n) is 19.4. The summed E-state index contributed by atoms with van der Waals surface area (Å²) in [5, 5.41) is 14.2. The average Bonchev–Trinajstić information content (AvgIpc) is 3.38. The molecule has 0 saturated carbocycles. The van der Waals surface area contributed by atoms with Crippen molar-refractivity contribution in [2.45, 2.75) is 117 Å². The lowest BCUT2D eigenvalue weighted by atomic mass is 9.85. The van der Waals surface area contributed by atoms with Crippen molar-refractivity contribution in [1.82, 2.24) is 10.2 Å². The minimum absolute atomic E-state index is 0.0349. The smallest absolute Gasteiger partial charge is 0.174 e. The molecular weight excluding hydrogens is 388 g/mol. The van der Waals surface area contributed by atoms with Crippen LogP contribution in [0.1, 0.15) is 41.5 Å². The van der Waals surface area contributed by atoms with Gasteiger partial charge in [-0.3, -0.25) is 4.90 Å². The van der Waals surface area contributed by atoms with Crippen molar-refractivity contribution in [3.63, 3.8) is 0 Å². The maximum absolute atomic E-state index is 10.6. The molecular formula is C20H42N2O4Si2. The van der Waals surface area contributed by atoms with Gasteiger partial charge in [0.25, 0.3) is 0 Å². The predicted octanol–water partition coefficient (Wildman–Crippen LogP) is 1.88. The lowest BCUT2D eigenvalue weighted by Gasteiger charge is -2.35. The van der Waals surface area contributed by atoms with Crippen LogP contribution in [-0.4, -0.2) is 77.0 Å². The summed E-state index contributed by atoms with van der Waals surface area (Å²) in [6, 6.07) is 0.776. The third-order valence-corrected chi connectivity index (χ3v) is 7.64. The molecule has 0 aromatic heterocycles. The Labute approximate surface area is 174 Å². The zero-order valence-corrected chi connectivity index (χ0v) is 21.7. The number of aliphatic hydroxyl groups is 1. The second-order valence-corrected chi connectivity index (χ2v) is 16.2. The highest BCUT2D eigenvalue weighted by Gasteiger charge is 2.70. The first-order chi connectivity index (χ1) is 12.7. The quantitative estimate of drug-likeness (QED) is 0.475. The fourth-order valence-electron chi connectivity index (χ4n) is 4.75. The second kappa shape index (κ2) is 7.71. The van der Waals surface area contributed by atoms with E-state index in [1.165, 1.54) is 0 Å². The third-order valence-electron chi connectivity index (χ3n) is 5.96. The van der Waals surface area contributed by atoms with Crippen molar-refractivity contribution in [2.24, 2.45) is 10.8 Å². The highest BCUT2D eigenvalue weighted by molar-refractivity contribution is 6.48. The zero-order chi connectivity index (χ0) is 21.2. The Bertz CT molecular complexity index is 563. The van der Waals surface area contributed by atoms with Crippen molar-refractivity contribution in [3.05, 3.63) is 0 Å². The number of nitrogens with zero attached hydrogens (tertiary/aromatic N) is 1. The summed E-state index contributed by atoms with van der Waals surface area (Å²) in [7, 11) is -2.33. The summed E-state index contributed by atoms with van der Waals surface area (Å²) in [6.45, 7) is 22.3. The van der Waals surface area contributed by atoms with Crippen molar-refractivity contribution in [2.75, 3.05) is 0 Å². The summed E-state index contributed by atoms with van der Waals surface area (Å²) in [4.78, 5) is 2.35. The van der Waals surface area contributed by atoms with E-state index < -0.39 is 24.4 Å². The van der Waals surface area contributed by atoms with Crippen LogP contribution in [0.5, 0.6) is 0 Å². The molecule has 0 aromatic rings. The molecule has 8 heteroatoms. The summed E-state index contributed by atoms with van der Waals surface area (Å²) in [6.07, 6.45) is -0.534. The van der Waals surface area contributed by atoms with Gasteiger partial charge in [0.05, 0.1) is 36.4 Å². The Balaban J connectivity index is 1.72. The first kappa shape index (κ1) is 22.9. The molecule has 0 aliphatic carbocycles. The predicted molar refractivity (Wildman–Crippen MR) is 117 cm³/mol. The molecule has 0 amide bonds. The van der Waals surface area contributed by atoms with Crippen LogP contribution in [-0.2, 0) is 13.6 Å². The van der Waals surface area contributed by atoms with Gasteiger partial charge in [-0.15, -0.1) is 0 Å². The van der Waals surface area contributed by atoms with E-state index in [1.54, 1.807) is 0 Å². The van der Waals surface area contributed by atoms with Gasteiger partial charge >= 0.3 is 0 Å². The maximum Gasteiger partial charge on any atom is 0.174 e. The van der Waals surface area contributed by atoms with Crippen LogP contribution in [0.2, 0.25) is 26.2 Å². The molecule has 0 bridgehead atoms. The highest BCUT2D eigenvalue weighted by atomic mass is 28.3. The van der Waals surface area contributed by atoms with E-state index in [2.05, 4.69) is 77.9 Å². The number of hydrogen-bond donors (Lipinski definition) is 2. The first-order valence-corrected chi connectivity index (χ1v) is 16.5. The van der Waals surface area contributed by atoms with Crippen LogP contribution >= 0.6 is 0 Å². The van der Waals surface area contributed by atoms with Crippen LogP contribution in [0.25, 0.3) is 0 Å². The Morgan fingerprint density at radius 1 is 0.929 bits per heavy atom. The minimum Gasteiger partial charge on any atom is -0.416 e. The summed E-state index contributed by atoms with van der Waals surface area (Å²) < 4.78 is 18.8. The van der Waals surface area contributed by atoms with Crippen molar-refractivity contribution < 1.29 is 18.7 Å². The molecule has 0 radical (unpaired) electrons. The van der Waals surface area contributed by atoms with E-state index in [4.69, 9.17) is 13.6 Å². The van der Waals surface area contributed by atoms with E-state index in [9.17, 15) is 5.11 Å². The molecule has 0 spiro atoms. The van der Waals surface area contributed by atoms with Gasteiger partial charge in [-0.05, 0) is 37.0 Å². The molecule has 6 nitrogen and oxygen atoms in total. The van der Waals surface area contributed by atoms with E-state index >= 15 is 0 Å². The van der Waals surface area contributed by atoms with Gasteiger partial charge in [-0.2, -0.15) is 0 Å². The van der Waals surface area contributed by atoms with E-state index in [0.717, 1.165) is 0 Å². The van der Waals surface area contributed by atoms with Gasteiger partial charge < -0.3 is 24.0 Å². The van der Waals surface area contributed by atoms with Gasteiger partial charge in [0.2, 0.25) is 0 Å². The fourth-order valence-corrected chi connectivity index (χ4v) is 7.07. The molecule has 3 aliphatic rings. The molecule has 9 unspecified atom stereocenters. The standard InChI is InChI=1S/C20H42N2O4Si2/c1-19(2,3)15(25-27(7)8)11-12(21-11)17-22-13(14(22)18(23)24-17)16(20(4,5)6)26-28(9)10/h11-18,21,23,27-28H,1-10H3. The van der Waals surface area contributed by atoms with E-state index in [0.29, 0.717) is 0 Å². The number of aliphatic hydroxyl groups excluding tert-OH is 1. The number of nitrogens with one attached hydrogen (secondary N) is 1. The Morgan fingerprint density at radius 3 is 1.89 bits per heavy atom. The lowest BCUT2D eigenvalue weighted by molar-refractivity contribution is -0.127. The van der Waals surface area contributed by atoms with Crippen molar-refractivity contribution >= 4 is 18.1 Å². The van der Waals surface area contributed by atoms with Gasteiger partial charge in [0.1, 0.15) is 6.23 Å². The van der Waals surface area contributed by atoms with Crippen LogP contribution in [0, 0.1) is 10.8 Å². The normalized spacial score (nSPS) is 40.0. The van der Waals surface area contributed by atoms with Crippen LogP contribution < -0.4 is 5.32 Å². The van der Waals surface area contributed by atoms with Crippen molar-refractivity contribution in [3.8, 4) is 0 Å². The molecule has 28 heavy (non-hydrogen) atoms. The van der Waals surface area contributed by atoms with E-state index in [1.807, 2.05) is 0 Å².